The smallest absolute Gasteiger partial charge is 0.338 e. The zero-order valence-electron chi connectivity index (χ0n) is 46.5. The van der Waals surface area contributed by atoms with E-state index in [1.54, 1.807) is 74.6 Å². The number of aryl methyl sites for hydroxylation is 2. The van der Waals surface area contributed by atoms with E-state index in [-0.39, 0.29) is 61.7 Å². The summed E-state index contributed by atoms with van der Waals surface area (Å²) in [5, 5.41) is 11.8. The first-order valence-electron chi connectivity index (χ1n) is 25.4. The van der Waals surface area contributed by atoms with Gasteiger partial charge in [0.25, 0.3) is 0 Å². The maximum atomic E-state index is 13.2. The van der Waals surface area contributed by atoms with Crippen molar-refractivity contribution in [2.45, 2.75) is 117 Å². The first kappa shape index (κ1) is 70.1. The molecule has 0 atom stereocenters. The molecule has 9 aromatic rings. The van der Waals surface area contributed by atoms with Crippen LogP contribution in [0.5, 0.6) is 0 Å². The topological polar surface area (TPSA) is 223 Å². The minimum atomic E-state index is -3.88. The summed E-state index contributed by atoms with van der Waals surface area (Å²) >= 11 is 11.5. The van der Waals surface area contributed by atoms with E-state index in [1.165, 1.54) is 35.6 Å². The highest BCUT2D eigenvalue weighted by Gasteiger charge is 2.27. The lowest BCUT2D eigenvalue weighted by molar-refractivity contribution is 0.00568. The molecule has 0 fully saturated rings. The normalized spacial score (nSPS) is 11.1. The fraction of sp³-hybridized carbons (Fsp3) is 0.226. The van der Waals surface area contributed by atoms with Gasteiger partial charge in [-0.05, 0) is 158 Å². The monoisotopic (exact) mass is 1330 g/mol. The Morgan fingerprint density at radius 3 is 1.24 bits per heavy atom. The highest BCUT2D eigenvalue weighted by atomic mass is 79.9. The van der Waals surface area contributed by atoms with Crippen LogP contribution in [0.15, 0.2) is 191 Å². The number of sulfone groups is 2. The van der Waals surface area contributed by atoms with Crippen molar-refractivity contribution in [2.75, 3.05) is 0 Å². The average molecular weight is 1330 g/mol. The Kier molecular flexibility index (Phi) is 26.0. The van der Waals surface area contributed by atoms with E-state index in [0.717, 1.165) is 71.1 Å². The molecular formula is C62H66BrClN4O10S6. The number of benzene rings is 6. The number of halogens is 2. The van der Waals surface area contributed by atoms with Gasteiger partial charge in [0, 0.05) is 11.4 Å². The largest absolute Gasteiger partial charge is 0.478 e. The van der Waals surface area contributed by atoms with Gasteiger partial charge in [0.15, 0.2) is 0 Å². The number of rotatable bonds is 13. The van der Waals surface area contributed by atoms with Crippen LogP contribution in [0.25, 0.3) is 33.4 Å². The Morgan fingerprint density at radius 1 is 0.536 bits per heavy atom. The van der Waals surface area contributed by atoms with Crippen LogP contribution in [0.2, 0.25) is 0 Å². The van der Waals surface area contributed by atoms with Gasteiger partial charge in [-0.25, -0.2) is 46.2 Å². The first-order valence-corrected chi connectivity index (χ1v) is 32.1. The number of carboxylic acid groups (broad SMARTS) is 1. The Bertz CT molecular complexity index is 3880. The van der Waals surface area contributed by atoms with E-state index in [0.29, 0.717) is 28.1 Å². The summed E-state index contributed by atoms with van der Waals surface area (Å²) in [4.78, 5) is 49.2. The number of ether oxygens (including phenoxy) is 2. The molecule has 84 heavy (non-hydrogen) atoms. The van der Waals surface area contributed by atoms with Crippen LogP contribution in [0.4, 0.5) is 0 Å². The molecule has 0 aliphatic rings. The number of thiazole rings is 3. The summed E-state index contributed by atoms with van der Waals surface area (Å²) in [6.07, 6.45) is 6.16. The number of carbonyl (C=O) groups is 3. The number of hydrogen-bond donors (Lipinski definition) is 3. The molecule has 9 rings (SSSR count). The predicted molar refractivity (Wildman–Crippen MR) is 346 cm³/mol. The molecule has 0 aliphatic carbocycles. The summed E-state index contributed by atoms with van der Waals surface area (Å²) in [7, 11) is -7.69. The Hall–Kier alpha value is -6.40. The average Bonchev–Trinajstić information content (AvgIpc) is 2.92. The van der Waals surface area contributed by atoms with E-state index < -0.39 is 42.8 Å². The van der Waals surface area contributed by atoms with Crippen LogP contribution in [0.1, 0.15) is 109 Å². The van der Waals surface area contributed by atoms with Crippen molar-refractivity contribution in [3.05, 3.63) is 200 Å². The number of nitrogens with two attached hydrogens (primary N) is 1. The van der Waals surface area contributed by atoms with Crippen molar-refractivity contribution in [1.29, 1.82) is 0 Å². The molecule has 0 spiro atoms. The molecule has 14 nitrogen and oxygen atoms in total. The molecule has 3 aromatic heterocycles. The molecule has 0 saturated heterocycles. The molecule has 22 heteroatoms. The van der Waals surface area contributed by atoms with E-state index in [1.807, 2.05) is 113 Å². The number of nitrogens with zero attached hydrogens (tertiary/aromatic N) is 3. The Morgan fingerprint density at radius 2 is 0.893 bits per heavy atom. The zero-order chi connectivity index (χ0) is 60.0. The number of aromatic carboxylic acids is 1. The van der Waals surface area contributed by atoms with Crippen molar-refractivity contribution in [3.8, 4) is 33.4 Å². The van der Waals surface area contributed by atoms with Gasteiger partial charge < -0.3 is 20.3 Å². The number of aromatic nitrogens is 3. The van der Waals surface area contributed by atoms with E-state index >= 15 is 0 Å². The second kappa shape index (κ2) is 31.1. The van der Waals surface area contributed by atoms with Crippen LogP contribution in [0, 0.1) is 0 Å². The maximum Gasteiger partial charge on any atom is 0.338 e. The number of esters is 2. The Labute approximate surface area is 524 Å². The molecule has 0 unspecified atom stereocenters. The van der Waals surface area contributed by atoms with Crippen LogP contribution in [-0.2, 0) is 48.5 Å². The molecule has 444 valence electrons. The molecule has 6 aromatic carbocycles. The van der Waals surface area contributed by atoms with Gasteiger partial charge in [0.2, 0.25) is 19.7 Å². The third-order valence-corrected chi connectivity index (χ3v) is 19.5. The third kappa shape index (κ3) is 20.1. The number of thiol groups is 1. The highest BCUT2D eigenvalue weighted by Crippen LogP contribution is 2.34. The molecule has 0 aliphatic heterocycles. The maximum absolute atomic E-state index is 13.2. The molecule has 0 saturated carbocycles. The van der Waals surface area contributed by atoms with Gasteiger partial charge in [-0.1, -0.05) is 112 Å². The van der Waals surface area contributed by atoms with Crippen molar-refractivity contribution < 1.29 is 45.8 Å². The van der Waals surface area contributed by atoms with Crippen LogP contribution >= 0.6 is 75.0 Å². The number of carboxylic acids is 1. The van der Waals surface area contributed by atoms with E-state index in [4.69, 9.17) is 15.2 Å². The van der Waals surface area contributed by atoms with E-state index in [2.05, 4.69) is 50.4 Å². The lowest BCUT2D eigenvalue weighted by Gasteiger charge is -2.20. The summed E-state index contributed by atoms with van der Waals surface area (Å²) in [6.45, 7) is 15.0. The standard InChI is InChI=1S/C22H23NO4S2.C17H14N2O4S2.C17H18O2S.C5H6BrNS.CH4.ClH/c1-5-19-23-14-20(28-19)29(25,26)18-12-16(15-9-7-6-8-10-15)11-17(13-18)21(24)27-22(2,3)4;18-9-15-19-10-16(24-15)25(22,23)14-7-12(6-13(8-14)17(20)21)11-4-2-1-3-5-11;1-17(2,3)19-16(18)14-9-13(10-15(20)11-14)12-7-5-4-6-8-12;1-2-5-7-3-4(6)8-5;;/h6-14H,5H2,1-4H3;1-8,10H,9,18H2,(H,20,21);4-11,20H,1-3H3;3H,2H2,1H3;1H4;1H. The first-order chi connectivity index (χ1) is 38.7. The second-order valence-corrected chi connectivity index (χ2v) is 29.4. The minimum absolute atomic E-state index is 0. The van der Waals surface area contributed by atoms with Gasteiger partial charge >= 0.3 is 17.9 Å². The molecule has 3 heterocycles. The number of hydrogen-bond acceptors (Lipinski definition) is 17. The van der Waals surface area contributed by atoms with Crippen molar-refractivity contribution in [3.63, 3.8) is 0 Å². The zero-order valence-corrected chi connectivity index (χ0v) is 53.9. The van der Waals surface area contributed by atoms with Crippen LogP contribution in [-0.4, -0.2) is 66.0 Å². The summed E-state index contributed by atoms with van der Waals surface area (Å²) in [5.41, 5.74) is 9.61. The number of carbonyl (C=O) groups excluding carboxylic acids is 2. The van der Waals surface area contributed by atoms with Crippen molar-refractivity contribution >= 4 is 113 Å². The summed E-state index contributed by atoms with van der Waals surface area (Å²) in [5.74, 6) is -2.09. The fourth-order valence-corrected chi connectivity index (χ4v) is 14.0. The quantitative estimate of drug-likeness (QED) is 0.0722. The van der Waals surface area contributed by atoms with Crippen LogP contribution < -0.4 is 5.73 Å². The van der Waals surface area contributed by atoms with Crippen molar-refractivity contribution in [2.24, 2.45) is 5.73 Å². The summed E-state index contributed by atoms with van der Waals surface area (Å²) < 4.78 is 64.3. The van der Waals surface area contributed by atoms with Gasteiger partial charge in [0.1, 0.15) is 24.6 Å². The lowest BCUT2D eigenvalue weighted by Crippen LogP contribution is -2.24. The summed E-state index contributed by atoms with van der Waals surface area (Å²) in [6, 6.07) is 42.4. The van der Waals surface area contributed by atoms with Crippen molar-refractivity contribution in [1.82, 2.24) is 15.0 Å². The lowest BCUT2D eigenvalue weighted by atomic mass is 10.0. The Balaban J connectivity index is 0.000000253. The predicted octanol–water partition coefficient (Wildman–Crippen LogP) is 16.1. The van der Waals surface area contributed by atoms with Gasteiger partial charge in [-0.2, -0.15) is 0 Å². The van der Waals surface area contributed by atoms with Gasteiger partial charge in [-0.15, -0.1) is 59.0 Å². The fourth-order valence-electron chi connectivity index (χ4n) is 7.32. The molecular weight excluding hydrogens is 1270 g/mol. The highest BCUT2D eigenvalue weighted by molar-refractivity contribution is 9.11. The second-order valence-electron chi connectivity index (χ2n) is 19.8. The third-order valence-electron chi connectivity index (χ3n) is 11.1. The molecule has 0 radical (unpaired) electrons. The van der Waals surface area contributed by atoms with Gasteiger partial charge in [-0.3, -0.25) is 0 Å². The molecule has 0 bridgehead atoms. The minimum Gasteiger partial charge on any atom is -0.478 e. The molecule has 0 amide bonds. The van der Waals surface area contributed by atoms with E-state index in [9.17, 15) is 36.3 Å². The van der Waals surface area contributed by atoms with Gasteiger partial charge in [0.05, 0.1) is 58.9 Å². The van der Waals surface area contributed by atoms with Crippen LogP contribution in [0.3, 0.4) is 0 Å². The SMILES string of the molecule is C.CC(C)(C)OC(=O)c1cc(S)cc(-c2ccccc2)c1.CCc1ncc(Br)s1.CCc1ncc(S(=O)(=O)c2cc(C(=O)OC(C)(C)C)cc(-c3ccccc3)c2)s1.Cl.NCc1ncc(S(=O)(=O)c2cc(C(=O)O)cc(-c3ccccc3)c2)s1. The molecule has 3 N–H and O–H groups in total.